The Bertz CT molecular complexity index is 505. The van der Waals surface area contributed by atoms with Crippen molar-refractivity contribution in [2.24, 2.45) is 7.05 Å². The summed E-state index contributed by atoms with van der Waals surface area (Å²) in [5.41, 5.74) is 1.33. The summed E-state index contributed by atoms with van der Waals surface area (Å²) in [4.78, 5) is 0. The Kier molecular flexibility index (Phi) is 2.82. The fourth-order valence-corrected chi connectivity index (χ4v) is 2.04. The van der Waals surface area contributed by atoms with E-state index in [9.17, 15) is 5.11 Å². The van der Waals surface area contributed by atoms with Gasteiger partial charge in [0.2, 0.25) is 0 Å². The highest BCUT2D eigenvalue weighted by Crippen LogP contribution is 2.38. The van der Waals surface area contributed by atoms with Crippen molar-refractivity contribution in [2.75, 3.05) is 7.11 Å². The highest BCUT2D eigenvalue weighted by molar-refractivity contribution is 9.10. The molecule has 0 saturated heterocycles. The van der Waals surface area contributed by atoms with Crippen LogP contribution in [0.1, 0.15) is 0 Å². The number of benzene rings is 1. The van der Waals surface area contributed by atoms with Gasteiger partial charge in [-0.25, -0.2) is 4.68 Å². The van der Waals surface area contributed by atoms with Gasteiger partial charge in [0.05, 0.1) is 7.11 Å². The van der Waals surface area contributed by atoms with Gasteiger partial charge in [-0.3, -0.25) is 0 Å². The molecular formula is C10H10BrN3O2. The Morgan fingerprint density at radius 3 is 2.75 bits per heavy atom. The minimum absolute atomic E-state index is 0.0797. The molecule has 0 aliphatic carbocycles. The Morgan fingerprint density at radius 1 is 1.44 bits per heavy atom. The average Bonchev–Trinajstić information content (AvgIpc) is 2.60. The maximum Gasteiger partial charge on any atom is 0.167 e. The van der Waals surface area contributed by atoms with E-state index >= 15 is 0 Å². The number of ether oxygens (including phenoxy) is 1. The Labute approximate surface area is 101 Å². The van der Waals surface area contributed by atoms with E-state index in [4.69, 9.17) is 4.74 Å². The van der Waals surface area contributed by atoms with Gasteiger partial charge in [-0.15, -0.1) is 5.10 Å². The molecule has 0 saturated carbocycles. The van der Waals surface area contributed by atoms with E-state index in [0.717, 1.165) is 0 Å². The maximum atomic E-state index is 9.99. The summed E-state index contributed by atoms with van der Waals surface area (Å²) >= 11 is 3.29. The molecule has 1 heterocycles. The number of phenolic OH excluding ortho intramolecular Hbond substituents is 1. The second kappa shape index (κ2) is 4.13. The number of nitrogens with zero attached hydrogens (tertiary/aromatic N) is 3. The second-order valence-corrected chi connectivity index (χ2v) is 3.96. The van der Waals surface area contributed by atoms with Crippen LogP contribution in [-0.4, -0.2) is 27.2 Å². The topological polar surface area (TPSA) is 60.2 Å². The summed E-state index contributed by atoms with van der Waals surface area (Å²) in [6.07, 6.45) is 0. The smallest absolute Gasteiger partial charge is 0.167 e. The molecule has 0 unspecified atom stereocenters. The molecule has 0 fully saturated rings. The highest BCUT2D eigenvalue weighted by atomic mass is 79.9. The maximum absolute atomic E-state index is 9.99. The zero-order valence-electron chi connectivity index (χ0n) is 8.81. The number of aromatic hydroxyl groups is 1. The fourth-order valence-electron chi connectivity index (χ4n) is 1.50. The summed E-state index contributed by atoms with van der Waals surface area (Å²) in [7, 11) is 3.27. The lowest BCUT2D eigenvalue weighted by Crippen LogP contribution is -1.95. The van der Waals surface area contributed by atoms with Gasteiger partial charge in [0.1, 0.15) is 5.69 Å². The number of aryl methyl sites for hydroxylation is 1. The van der Waals surface area contributed by atoms with E-state index < -0.39 is 0 Å². The van der Waals surface area contributed by atoms with Crippen LogP contribution in [-0.2, 0) is 7.05 Å². The minimum Gasteiger partial charge on any atom is -0.504 e. The molecule has 0 amide bonds. The first kappa shape index (κ1) is 10.9. The predicted octanol–water partition coefficient (Wildman–Crippen LogP) is 1.96. The second-order valence-electron chi connectivity index (χ2n) is 3.21. The van der Waals surface area contributed by atoms with Crippen molar-refractivity contribution in [3.05, 3.63) is 22.8 Å². The van der Waals surface area contributed by atoms with Crippen molar-refractivity contribution >= 4 is 15.9 Å². The summed E-state index contributed by atoms with van der Waals surface area (Å²) in [5, 5.41) is 17.7. The zero-order valence-corrected chi connectivity index (χ0v) is 10.4. The first-order valence-electron chi connectivity index (χ1n) is 4.56. The molecule has 0 aliphatic rings. The molecule has 0 radical (unpaired) electrons. The number of aromatic nitrogens is 3. The van der Waals surface area contributed by atoms with Crippen LogP contribution in [0.5, 0.6) is 11.5 Å². The number of methoxy groups -OCH3 is 1. The van der Waals surface area contributed by atoms with Gasteiger partial charge in [0, 0.05) is 12.6 Å². The number of phenols is 1. The molecule has 0 aliphatic heterocycles. The summed E-state index contributed by atoms with van der Waals surface area (Å²) in [5.74, 6) is 0.502. The van der Waals surface area contributed by atoms with Crippen molar-refractivity contribution in [3.63, 3.8) is 0 Å². The monoisotopic (exact) mass is 283 g/mol. The van der Waals surface area contributed by atoms with Crippen LogP contribution in [0.15, 0.2) is 22.8 Å². The van der Waals surface area contributed by atoms with E-state index in [2.05, 4.69) is 26.2 Å². The van der Waals surface area contributed by atoms with Crippen LogP contribution in [0.2, 0.25) is 0 Å². The van der Waals surface area contributed by atoms with Crippen molar-refractivity contribution in [2.45, 2.75) is 0 Å². The molecule has 1 aromatic carbocycles. The molecular weight excluding hydrogens is 274 g/mol. The van der Waals surface area contributed by atoms with Gasteiger partial charge in [-0.2, -0.15) is 0 Å². The average molecular weight is 284 g/mol. The summed E-state index contributed by atoms with van der Waals surface area (Å²) in [6, 6.07) is 5.27. The number of hydrogen-bond acceptors (Lipinski definition) is 4. The van der Waals surface area contributed by atoms with Gasteiger partial charge in [-0.1, -0.05) is 11.3 Å². The van der Waals surface area contributed by atoms with E-state index in [1.165, 1.54) is 7.11 Å². The molecule has 2 aromatic rings. The first-order valence-corrected chi connectivity index (χ1v) is 5.36. The van der Waals surface area contributed by atoms with Crippen LogP contribution in [0.25, 0.3) is 11.3 Å². The standard InChI is InChI=1S/C10H10BrN3O2/c1-14-8(10(11)12-13-14)6-4-3-5-7(16-2)9(6)15/h3-5,15H,1-2H3. The van der Waals surface area contributed by atoms with Gasteiger partial charge in [-0.05, 0) is 28.1 Å². The quantitative estimate of drug-likeness (QED) is 0.915. The molecule has 6 heteroatoms. The van der Waals surface area contributed by atoms with E-state index in [1.54, 1.807) is 29.9 Å². The Hall–Kier alpha value is -1.56. The third kappa shape index (κ3) is 1.65. The third-order valence-electron chi connectivity index (χ3n) is 2.26. The lowest BCUT2D eigenvalue weighted by Gasteiger charge is -2.08. The zero-order chi connectivity index (χ0) is 11.7. The van der Waals surface area contributed by atoms with Crippen LogP contribution in [0.4, 0.5) is 0 Å². The molecule has 84 valence electrons. The van der Waals surface area contributed by atoms with E-state index in [0.29, 0.717) is 21.6 Å². The van der Waals surface area contributed by atoms with Gasteiger partial charge < -0.3 is 9.84 Å². The normalized spacial score (nSPS) is 10.4. The SMILES string of the molecule is COc1cccc(-c2c(Br)nnn2C)c1O. The largest absolute Gasteiger partial charge is 0.504 e. The molecule has 16 heavy (non-hydrogen) atoms. The van der Waals surface area contributed by atoms with Crippen molar-refractivity contribution in [1.82, 2.24) is 15.0 Å². The molecule has 0 atom stereocenters. The molecule has 5 nitrogen and oxygen atoms in total. The lowest BCUT2D eigenvalue weighted by atomic mass is 10.1. The molecule has 0 bridgehead atoms. The van der Waals surface area contributed by atoms with E-state index in [1.807, 2.05) is 0 Å². The molecule has 0 spiro atoms. The number of hydrogen-bond donors (Lipinski definition) is 1. The fraction of sp³-hybridized carbons (Fsp3) is 0.200. The third-order valence-corrected chi connectivity index (χ3v) is 2.79. The van der Waals surface area contributed by atoms with Gasteiger partial charge in [0.25, 0.3) is 0 Å². The minimum atomic E-state index is 0.0797. The van der Waals surface area contributed by atoms with Crippen LogP contribution < -0.4 is 4.74 Å². The summed E-state index contributed by atoms with van der Waals surface area (Å²) < 4.78 is 7.21. The van der Waals surface area contributed by atoms with Gasteiger partial charge in [0.15, 0.2) is 16.1 Å². The lowest BCUT2D eigenvalue weighted by molar-refractivity contribution is 0.374. The van der Waals surface area contributed by atoms with Crippen molar-refractivity contribution in [3.8, 4) is 22.8 Å². The molecule has 2 rings (SSSR count). The molecule has 1 N–H and O–H groups in total. The van der Waals surface area contributed by atoms with Crippen LogP contribution >= 0.6 is 15.9 Å². The first-order chi connectivity index (χ1) is 7.65. The van der Waals surface area contributed by atoms with Crippen molar-refractivity contribution < 1.29 is 9.84 Å². The number of halogens is 1. The highest BCUT2D eigenvalue weighted by Gasteiger charge is 2.16. The Balaban J connectivity index is 2.65. The van der Waals surface area contributed by atoms with Crippen LogP contribution in [0, 0.1) is 0 Å². The Morgan fingerprint density at radius 2 is 2.19 bits per heavy atom. The number of para-hydroxylation sites is 1. The summed E-state index contributed by atoms with van der Waals surface area (Å²) in [6.45, 7) is 0. The van der Waals surface area contributed by atoms with E-state index in [-0.39, 0.29) is 5.75 Å². The van der Waals surface area contributed by atoms with Crippen molar-refractivity contribution in [1.29, 1.82) is 0 Å². The number of rotatable bonds is 2. The van der Waals surface area contributed by atoms with Crippen LogP contribution in [0.3, 0.4) is 0 Å². The van der Waals surface area contributed by atoms with Gasteiger partial charge >= 0.3 is 0 Å². The predicted molar refractivity (Wildman–Crippen MR) is 62.4 cm³/mol. The molecule has 1 aromatic heterocycles.